The summed E-state index contributed by atoms with van der Waals surface area (Å²) in [5.74, 6) is -0.185. The number of aromatic amines is 1. The number of benzene rings is 2. The molecule has 3 rings (SSSR count). The van der Waals surface area contributed by atoms with Gasteiger partial charge in [0.05, 0.1) is 0 Å². The van der Waals surface area contributed by atoms with Crippen LogP contribution in [0.5, 0.6) is 0 Å². The van der Waals surface area contributed by atoms with E-state index in [1.54, 1.807) is 12.1 Å². The van der Waals surface area contributed by atoms with E-state index < -0.39 is 0 Å². The Kier molecular flexibility index (Phi) is 3.98. The number of carbonyl (C=O) groups is 1. The van der Waals surface area contributed by atoms with Crippen LogP contribution >= 0.6 is 11.6 Å². The molecule has 22 heavy (non-hydrogen) atoms. The lowest BCUT2D eigenvalue weighted by Gasteiger charge is -2.07. The summed E-state index contributed by atoms with van der Waals surface area (Å²) < 4.78 is 0. The van der Waals surface area contributed by atoms with Crippen molar-refractivity contribution in [3.05, 3.63) is 70.9 Å². The molecular weight excluding hydrogens is 296 g/mol. The number of rotatable bonds is 3. The van der Waals surface area contributed by atoms with Gasteiger partial charge in [0, 0.05) is 33.9 Å². The van der Waals surface area contributed by atoms with Gasteiger partial charge in [-0.1, -0.05) is 35.9 Å². The van der Waals surface area contributed by atoms with Crippen LogP contribution in [0.3, 0.4) is 0 Å². The topological polar surface area (TPSA) is 44.9 Å². The van der Waals surface area contributed by atoms with Crippen molar-refractivity contribution < 1.29 is 4.79 Å². The second-order valence-electron chi connectivity index (χ2n) is 5.02. The summed E-state index contributed by atoms with van der Waals surface area (Å²) in [6.45, 7) is 1.88. The molecule has 0 atom stereocenters. The predicted octanol–water partition coefficient (Wildman–Crippen LogP) is 4.78. The van der Waals surface area contributed by atoms with Crippen LogP contribution in [-0.2, 0) is 4.79 Å². The fourth-order valence-corrected chi connectivity index (χ4v) is 2.49. The van der Waals surface area contributed by atoms with Crippen LogP contribution in [0.1, 0.15) is 11.1 Å². The summed E-state index contributed by atoms with van der Waals surface area (Å²) in [6.07, 6.45) is 5.21. The first-order chi connectivity index (χ1) is 10.6. The zero-order valence-corrected chi connectivity index (χ0v) is 12.8. The van der Waals surface area contributed by atoms with Gasteiger partial charge in [0.25, 0.3) is 0 Å². The number of aromatic nitrogens is 1. The van der Waals surface area contributed by atoms with Crippen LogP contribution in [0.25, 0.3) is 17.0 Å². The van der Waals surface area contributed by atoms with E-state index in [1.807, 2.05) is 49.5 Å². The molecule has 0 saturated carbocycles. The van der Waals surface area contributed by atoms with Crippen LogP contribution < -0.4 is 5.32 Å². The van der Waals surface area contributed by atoms with Crippen molar-refractivity contribution in [1.82, 2.24) is 4.98 Å². The average Bonchev–Trinajstić information content (AvgIpc) is 2.93. The Bertz CT molecular complexity index is 864. The van der Waals surface area contributed by atoms with Gasteiger partial charge in [-0.3, -0.25) is 4.79 Å². The smallest absolute Gasteiger partial charge is 0.248 e. The van der Waals surface area contributed by atoms with E-state index in [0.717, 1.165) is 27.7 Å². The number of anilines is 1. The molecule has 1 heterocycles. The summed E-state index contributed by atoms with van der Waals surface area (Å²) in [6, 6.07) is 13.4. The van der Waals surface area contributed by atoms with Crippen molar-refractivity contribution in [2.75, 3.05) is 5.32 Å². The summed E-state index contributed by atoms with van der Waals surface area (Å²) >= 11 is 6.05. The third-order valence-corrected chi connectivity index (χ3v) is 3.97. The number of fused-ring (bicyclic) bond motifs is 1. The van der Waals surface area contributed by atoms with Gasteiger partial charge in [0.2, 0.25) is 5.91 Å². The number of carbonyl (C=O) groups excluding carboxylic acids is 1. The van der Waals surface area contributed by atoms with E-state index >= 15 is 0 Å². The lowest BCUT2D eigenvalue weighted by atomic mass is 10.1. The summed E-state index contributed by atoms with van der Waals surface area (Å²) in [7, 11) is 0. The molecule has 4 heteroatoms. The number of para-hydroxylation sites is 1. The SMILES string of the molecule is Cc1c(Cl)cccc1NC(=O)C=Cc1c[nH]c2ccccc12. The second kappa shape index (κ2) is 6.08. The van der Waals surface area contributed by atoms with Gasteiger partial charge in [-0.05, 0) is 42.3 Å². The fraction of sp³-hybridized carbons (Fsp3) is 0.0556. The Morgan fingerprint density at radius 3 is 2.86 bits per heavy atom. The normalized spacial score (nSPS) is 11.2. The van der Waals surface area contributed by atoms with E-state index in [9.17, 15) is 4.79 Å². The molecule has 0 fully saturated rings. The van der Waals surface area contributed by atoms with Crippen molar-refractivity contribution >= 4 is 40.2 Å². The molecule has 110 valence electrons. The highest BCUT2D eigenvalue weighted by molar-refractivity contribution is 6.31. The predicted molar refractivity (Wildman–Crippen MR) is 92.2 cm³/mol. The Labute approximate surface area is 133 Å². The fourth-order valence-electron chi connectivity index (χ4n) is 2.31. The van der Waals surface area contributed by atoms with E-state index in [2.05, 4.69) is 10.3 Å². The Morgan fingerprint density at radius 1 is 1.18 bits per heavy atom. The second-order valence-corrected chi connectivity index (χ2v) is 5.43. The van der Waals surface area contributed by atoms with Gasteiger partial charge < -0.3 is 10.3 Å². The molecule has 0 unspecified atom stereocenters. The summed E-state index contributed by atoms with van der Waals surface area (Å²) in [4.78, 5) is 15.2. The number of hydrogen-bond acceptors (Lipinski definition) is 1. The van der Waals surface area contributed by atoms with Crippen molar-refractivity contribution in [2.24, 2.45) is 0 Å². The third kappa shape index (κ3) is 2.90. The maximum absolute atomic E-state index is 12.1. The largest absolute Gasteiger partial charge is 0.361 e. The average molecular weight is 311 g/mol. The lowest BCUT2D eigenvalue weighted by molar-refractivity contribution is -0.111. The lowest BCUT2D eigenvalue weighted by Crippen LogP contribution is -2.08. The molecule has 0 radical (unpaired) electrons. The minimum atomic E-state index is -0.185. The van der Waals surface area contributed by atoms with Gasteiger partial charge in [0.15, 0.2) is 0 Å². The van der Waals surface area contributed by atoms with Crippen molar-refractivity contribution in [2.45, 2.75) is 6.92 Å². The first-order valence-electron chi connectivity index (χ1n) is 6.95. The minimum absolute atomic E-state index is 0.185. The van der Waals surface area contributed by atoms with Gasteiger partial charge in [0.1, 0.15) is 0 Å². The molecule has 3 aromatic rings. The molecule has 0 aliphatic carbocycles. The number of halogens is 1. The minimum Gasteiger partial charge on any atom is -0.361 e. The van der Waals surface area contributed by atoms with Crippen LogP contribution in [0.4, 0.5) is 5.69 Å². The Hall–Kier alpha value is -2.52. The quantitative estimate of drug-likeness (QED) is 0.672. The molecule has 0 aliphatic heterocycles. The highest BCUT2D eigenvalue weighted by atomic mass is 35.5. The van der Waals surface area contributed by atoms with E-state index in [4.69, 9.17) is 11.6 Å². The maximum Gasteiger partial charge on any atom is 0.248 e. The van der Waals surface area contributed by atoms with Gasteiger partial charge in [-0.25, -0.2) is 0 Å². The van der Waals surface area contributed by atoms with Gasteiger partial charge in [-0.2, -0.15) is 0 Å². The van der Waals surface area contributed by atoms with Crippen molar-refractivity contribution in [3.63, 3.8) is 0 Å². The zero-order chi connectivity index (χ0) is 15.5. The summed E-state index contributed by atoms with van der Waals surface area (Å²) in [5.41, 5.74) is 3.61. The monoisotopic (exact) mass is 310 g/mol. The molecule has 2 aromatic carbocycles. The zero-order valence-electron chi connectivity index (χ0n) is 12.1. The Morgan fingerprint density at radius 2 is 2.00 bits per heavy atom. The molecular formula is C18H15ClN2O. The number of hydrogen-bond donors (Lipinski definition) is 2. The van der Waals surface area contributed by atoms with Gasteiger partial charge in [-0.15, -0.1) is 0 Å². The number of H-pyrrole nitrogens is 1. The van der Waals surface area contributed by atoms with Crippen LogP contribution in [0.15, 0.2) is 54.7 Å². The molecule has 1 amide bonds. The van der Waals surface area contributed by atoms with Crippen LogP contribution in [0, 0.1) is 6.92 Å². The third-order valence-electron chi connectivity index (χ3n) is 3.56. The molecule has 0 spiro atoms. The van der Waals surface area contributed by atoms with E-state index in [1.165, 1.54) is 6.08 Å². The van der Waals surface area contributed by atoms with Crippen molar-refractivity contribution in [1.29, 1.82) is 0 Å². The first-order valence-corrected chi connectivity index (χ1v) is 7.33. The highest BCUT2D eigenvalue weighted by Crippen LogP contribution is 2.23. The molecule has 0 saturated heterocycles. The van der Waals surface area contributed by atoms with Crippen LogP contribution in [-0.4, -0.2) is 10.9 Å². The maximum atomic E-state index is 12.1. The molecule has 2 N–H and O–H groups in total. The van der Waals surface area contributed by atoms with Crippen LogP contribution in [0.2, 0.25) is 5.02 Å². The highest BCUT2D eigenvalue weighted by Gasteiger charge is 2.05. The molecule has 0 bridgehead atoms. The standard InChI is InChI=1S/C18H15ClN2O/c1-12-15(19)6-4-8-16(12)21-18(22)10-9-13-11-20-17-7-3-2-5-14(13)17/h2-11,20H,1H3,(H,21,22). The Balaban J connectivity index is 1.78. The van der Waals surface area contributed by atoms with E-state index in [0.29, 0.717) is 5.02 Å². The van der Waals surface area contributed by atoms with E-state index in [-0.39, 0.29) is 5.91 Å². The molecule has 1 aromatic heterocycles. The number of nitrogens with one attached hydrogen (secondary N) is 2. The first kappa shape index (κ1) is 14.4. The van der Waals surface area contributed by atoms with Crippen molar-refractivity contribution in [3.8, 4) is 0 Å². The molecule has 3 nitrogen and oxygen atoms in total. The summed E-state index contributed by atoms with van der Waals surface area (Å²) in [5, 5.41) is 4.57. The number of amides is 1. The van der Waals surface area contributed by atoms with Gasteiger partial charge >= 0.3 is 0 Å². The molecule has 0 aliphatic rings.